The molecule has 29 heavy (non-hydrogen) atoms. The Labute approximate surface area is 167 Å². The Morgan fingerprint density at radius 3 is 2.38 bits per heavy atom. The Morgan fingerprint density at radius 1 is 1.07 bits per heavy atom. The van der Waals surface area contributed by atoms with Crippen molar-refractivity contribution in [3.05, 3.63) is 76.7 Å². The molecule has 0 aliphatic heterocycles. The van der Waals surface area contributed by atoms with Gasteiger partial charge in [-0.1, -0.05) is 24.3 Å². The molecule has 0 saturated carbocycles. The SMILES string of the molecule is CN(CCO)c1cc(NCc2ccco2)c2c(c1N)C(=O)c1ccccc1C2=O. The molecule has 1 aliphatic carbocycles. The van der Waals surface area contributed by atoms with Crippen molar-refractivity contribution >= 4 is 28.6 Å². The number of nitrogens with two attached hydrogens (primary N) is 1. The van der Waals surface area contributed by atoms with E-state index in [0.29, 0.717) is 41.4 Å². The van der Waals surface area contributed by atoms with Crippen molar-refractivity contribution in [2.45, 2.75) is 6.54 Å². The van der Waals surface area contributed by atoms with E-state index in [-0.39, 0.29) is 35.0 Å². The van der Waals surface area contributed by atoms with E-state index >= 15 is 0 Å². The number of nitrogen functional groups attached to an aromatic ring is 1. The second-order valence-electron chi connectivity index (χ2n) is 6.89. The van der Waals surface area contributed by atoms with Crippen LogP contribution in [0.15, 0.2) is 53.1 Å². The first kappa shape index (κ1) is 18.8. The number of fused-ring (bicyclic) bond motifs is 2. The normalized spacial score (nSPS) is 12.5. The fraction of sp³-hybridized carbons (Fsp3) is 0.182. The monoisotopic (exact) mass is 391 g/mol. The minimum absolute atomic E-state index is 0.0715. The Kier molecular flexibility index (Phi) is 4.82. The molecule has 0 spiro atoms. The zero-order valence-corrected chi connectivity index (χ0v) is 15.9. The topological polar surface area (TPSA) is 109 Å². The van der Waals surface area contributed by atoms with Crippen molar-refractivity contribution in [1.29, 1.82) is 0 Å². The number of nitrogens with zero attached hydrogens (tertiary/aromatic N) is 1. The number of hydrogen-bond acceptors (Lipinski definition) is 7. The predicted molar refractivity (Wildman–Crippen MR) is 111 cm³/mol. The van der Waals surface area contributed by atoms with Crippen molar-refractivity contribution in [2.24, 2.45) is 0 Å². The first-order valence-electron chi connectivity index (χ1n) is 9.26. The van der Waals surface area contributed by atoms with Crippen molar-refractivity contribution in [2.75, 3.05) is 36.1 Å². The van der Waals surface area contributed by atoms with Crippen LogP contribution in [0.25, 0.3) is 0 Å². The van der Waals surface area contributed by atoms with Crippen LogP contribution in [0.1, 0.15) is 37.6 Å². The lowest BCUT2D eigenvalue weighted by Gasteiger charge is -2.27. The van der Waals surface area contributed by atoms with Gasteiger partial charge in [0.25, 0.3) is 0 Å². The number of carbonyl (C=O) groups excluding carboxylic acids is 2. The van der Waals surface area contributed by atoms with E-state index in [4.69, 9.17) is 10.2 Å². The molecule has 0 radical (unpaired) electrons. The molecule has 3 aromatic rings. The predicted octanol–water partition coefficient (Wildman–Crippen LogP) is 2.68. The van der Waals surface area contributed by atoms with Crippen LogP contribution in [0.3, 0.4) is 0 Å². The lowest BCUT2D eigenvalue weighted by Crippen LogP contribution is -2.28. The Hall–Kier alpha value is -3.58. The van der Waals surface area contributed by atoms with Crippen LogP contribution in [-0.2, 0) is 6.54 Å². The number of hydrogen-bond donors (Lipinski definition) is 3. The molecule has 7 nitrogen and oxygen atoms in total. The van der Waals surface area contributed by atoms with Crippen molar-refractivity contribution < 1.29 is 19.1 Å². The van der Waals surface area contributed by atoms with Gasteiger partial charge in [0.05, 0.1) is 41.9 Å². The molecule has 0 saturated heterocycles. The van der Waals surface area contributed by atoms with Crippen molar-refractivity contribution in [3.8, 4) is 0 Å². The van der Waals surface area contributed by atoms with E-state index < -0.39 is 0 Å². The quantitative estimate of drug-likeness (QED) is 0.434. The van der Waals surface area contributed by atoms with Gasteiger partial charge in [-0.3, -0.25) is 9.59 Å². The van der Waals surface area contributed by atoms with Crippen molar-refractivity contribution in [3.63, 3.8) is 0 Å². The van der Waals surface area contributed by atoms with Crippen LogP contribution in [0, 0.1) is 0 Å². The summed E-state index contributed by atoms with van der Waals surface area (Å²) in [5.41, 5.74) is 8.82. The van der Waals surface area contributed by atoms with Gasteiger partial charge in [-0.15, -0.1) is 0 Å². The second kappa shape index (κ2) is 7.44. The Bertz CT molecular complexity index is 1090. The van der Waals surface area contributed by atoms with Gasteiger partial charge in [-0.05, 0) is 18.2 Å². The van der Waals surface area contributed by atoms with Gasteiger partial charge in [0.15, 0.2) is 11.6 Å². The smallest absolute Gasteiger partial charge is 0.196 e. The summed E-state index contributed by atoms with van der Waals surface area (Å²) in [5.74, 6) is 0.157. The maximum atomic E-state index is 13.3. The molecule has 7 heteroatoms. The van der Waals surface area contributed by atoms with E-state index in [2.05, 4.69) is 5.32 Å². The number of likely N-dealkylation sites (N-methyl/N-ethyl adjacent to an activating group) is 1. The summed E-state index contributed by atoms with van der Waals surface area (Å²) in [6.45, 7) is 0.604. The summed E-state index contributed by atoms with van der Waals surface area (Å²) in [4.78, 5) is 28.3. The van der Waals surface area contributed by atoms with Crippen LogP contribution in [0.4, 0.5) is 17.1 Å². The van der Waals surface area contributed by atoms with Crippen LogP contribution in [-0.4, -0.2) is 36.9 Å². The maximum Gasteiger partial charge on any atom is 0.196 e. The highest BCUT2D eigenvalue weighted by Gasteiger charge is 2.35. The molecule has 1 aliphatic rings. The first-order valence-corrected chi connectivity index (χ1v) is 9.26. The van der Waals surface area contributed by atoms with Crippen LogP contribution >= 0.6 is 0 Å². The zero-order valence-electron chi connectivity index (χ0n) is 15.9. The molecule has 0 atom stereocenters. The maximum absolute atomic E-state index is 13.3. The van der Waals surface area contributed by atoms with Crippen molar-refractivity contribution in [1.82, 2.24) is 0 Å². The number of benzene rings is 2. The van der Waals surface area contributed by atoms with Gasteiger partial charge in [0.1, 0.15) is 5.76 Å². The summed E-state index contributed by atoms with van der Waals surface area (Å²) in [5, 5.41) is 12.5. The highest BCUT2D eigenvalue weighted by Crippen LogP contribution is 2.40. The third-order valence-corrected chi connectivity index (χ3v) is 5.10. The Morgan fingerprint density at radius 2 is 1.76 bits per heavy atom. The average Bonchev–Trinajstić information content (AvgIpc) is 3.24. The van der Waals surface area contributed by atoms with Gasteiger partial charge in [0.2, 0.25) is 0 Å². The van der Waals surface area contributed by atoms with Gasteiger partial charge in [0, 0.05) is 30.4 Å². The van der Waals surface area contributed by atoms with Gasteiger partial charge in [-0.2, -0.15) is 0 Å². The highest BCUT2D eigenvalue weighted by atomic mass is 16.3. The standard InChI is InChI=1S/C22H21N3O4/c1-25(8-9-26)17-11-16(24-12-13-5-4-10-29-13)18-19(20(17)23)22(28)15-7-3-2-6-14(15)21(18)27/h2-7,10-11,24,26H,8-9,12,23H2,1H3. The summed E-state index contributed by atoms with van der Waals surface area (Å²) in [6.07, 6.45) is 1.57. The number of furan rings is 1. The molecule has 148 valence electrons. The molecule has 1 heterocycles. The minimum atomic E-state index is -0.284. The summed E-state index contributed by atoms with van der Waals surface area (Å²) >= 11 is 0. The molecular formula is C22H21N3O4. The number of anilines is 3. The van der Waals surface area contributed by atoms with Gasteiger partial charge < -0.3 is 25.5 Å². The molecular weight excluding hydrogens is 370 g/mol. The third-order valence-electron chi connectivity index (χ3n) is 5.10. The molecule has 0 amide bonds. The average molecular weight is 391 g/mol. The number of aliphatic hydroxyl groups excluding tert-OH is 1. The van der Waals surface area contributed by atoms with E-state index in [1.807, 2.05) is 6.07 Å². The van der Waals surface area contributed by atoms with Gasteiger partial charge in [-0.25, -0.2) is 0 Å². The molecule has 0 bridgehead atoms. The molecule has 4 rings (SSSR count). The number of ketones is 2. The minimum Gasteiger partial charge on any atom is -0.467 e. The summed E-state index contributed by atoms with van der Waals surface area (Å²) in [6, 6.07) is 12.1. The second-order valence-corrected chi connectivity index (χ2v) is 6.89. The fourth-order valence-electron chi connectivity index (χ4n) is 3.63. The number of rotatable bonds is 6. The van der Waals surface area contributed by atoms with E-state index in [9.17, 15) is 14.7 Å². The number of aliphatic hydroxyl groups is 1. The van der Waals surface area contributed by atoms with Crippen LogP contribution in [0.2, 0.25) is 0 Å². The largest absolute Gasteiger partial charge is 0.467 e. The highest BCUT2D eigenvalue weighted by molar-refractivity contribution is 6.32. The lowest BCUT2D eigenvalue weighted by molar-refractivity contribution is 0.0980. The Balaban J connectivity index is 1.88. The number of carbonyl (C=O) groups is 2. The van der Waals surface area contributed by atoms with Crippen LogP contribution < -0.4 is 16.0 Å². The van der Waals surface area contributed by atoms with E-state index in [1.54, 1.807) is 54.6 Å². The fourth-order valence-corrected chi connectivity index (χ4v) is 3.63. The molecule has 1 aromatic heterocycles. The van der Waals surface area contributed by atoms with E-state index in [1.165, 1.54) is 0 Å². The van der Waals surface area contributed by atoms with Gasteiger partial charge >= 0.3 is 0 Å². The van der Waals surface area contributed by atoms with E-state index in [0.717, 1.165) is 0 Å². The van der Waals surface area contributed by atoms with Crippen LogP contribution in [0.5, 0.6) is 0 Å². The summed E-state index contributed by atoms with van der Waals surface area (Å²) < 4.78 is 5.36. The molecule has 2 aromatic carbocycles. The molecule has 4 N–H and O–H groups in total. The third kappa shape index (κ3) is 3.15. The summed E-state index contributed by atoms with van der Waals surface area (Å²) in [7, 11) is 1.77. The number of nitrogens with one attached hydrogen (secondary N) is 1. The molecule has 0 fully saturated rings. The lowest BCUT2D eigenvalue weighted by atomic mass is 9.81. The first-order chi connectivity index (χ1) is 14.0. The zero-order chi connectivity index (χ0) is 20.5. The molecule has 0 unspecified atom stereocenters.